The molecule has 3 rings (SSSR count). The van der Waals surface area contributed by atoms with Crippen molar-refractivity contribution in [3.8, 4) is 11.5 Å². The molecule has 0 saturated carbocycles. The van der Waals surface area contributed by atoms with Crippen molar-refractivity contribution in [2.75, 3.05) is 0 Å². The van der Waals surface area contributed by atoms with E-state index in [9.17, 15) is 0 Å². The predicted octanol–water partition coefficient (Wildman–Crippen LogP) is 4.10. The van der Waals surface area contributed by atoms with Gasteiger partial charge >= 0.3 is 0 Å². The molecule has 0 aliphatic heterocycles. The zero-order chi connectivity index (χ0) is 13.9. The first kappa shape index (κ1) is 13.3. The SMILES string of the molecule is Cc1nnc(SCc2nc(-c3ccccc3)oc2C)s1. The second kappa shape index (κ2) is 5.76. The lowest BCUT2D eigenvalue weighted by atomic mass is 10.2. The molecule has 4 nitrogen and oxygen atoms in total. The van der Waals surface area contributed by atoms with E-state index in [0.717, 1.165) is 32.1 Å². The fourth-order valence-electron chi connectivity index (χ4n) is 1.73. The molecule has 2 aromatic heterocycles. The molecule has 0 radical (unpaired) electrons. The predicted molar refractivity (Wildman–Crippen MR) is 80.9 cm³/mol. The third kappa shape index (κ3) is 2.91. The fraction of sp³-hybridized carbons (Fsp3) is 0.214. The van der Waals surface area contributed by atoms with Crippen LogP contribution in [-0.4, -0.2) is 15.2 Å². The average Bonchev–Trinajstić information content (AvgIpc) is 3.04. The van der Waals surface area contributed by atoms with Gasteiger partial charge in [-0.25, -0.2) is 4.98 Å². The topological polar surface area (TPSA) is 51.8 Å². The minimum atomic E-state index is 0.673. The van der Waals surface area contributed by atoms with Gasteiger partial charge in [-0.1, -0.05) is 41.3 Å². The molecule has 0 spiro atoms. The van der Waals surface area contributed by atoms with E-state index in [4.69, 9.17) is 4.42 Å². The maximum atomic E-state index is 5.74. The van der Waals surface area contributed by atoms with Crippen LogP contribution in [0.4, 0.5) is 0 Å². The first-order valence-corrected chi connectivity index (χ1v) is 7.97. The molecule has 0 saturated heterocycles. The summed E-state index contributed by atoms with van der Waals surface area (Å²) in [6.07, 6.45) is 0. The van der Waals surface area contributed by atoms with E-state index in [-0.39, 0.29) is 0 Å². The zero-order valence-corrected chi connectivity index (χ0v) is 12.8. The number of oxazole rings is 1. The van der Waals surface area contributed by atoms with E-state index >= 15 is 0 Å². The minimum Gasteiger partial charge on any atom is -0.441 e. The summed E-state index contributed by atoms with van der Waals surface area (Å²) in [5.41, 5.74) is 1.96. The highest BCUT2D eigenvalue weighted by molar-refractivity contribution is 8.00. The van der Waals surface area contributed by atoms with Crippen LogP contribution in [0.3, 0.4) is 0 Å². The van der Waals surface area contributed by atoms with Gasteiger partial charge in [-0.2, -0.15) is 0 Å². The summed E-state index contributed by atoms with van der Waals surface area (Å²) in [7, 11) is 0. The van der Waals surface area contributed by atoms with Gasteiger partial charge in [0.15, 0.2) is 4.34 Å². The monoisotopic (exact) mass is 303 g/mol. The summed E-state index contributed by atoms with van der Waals surface area (Å²) in [6, 6.07) is 9.93. The number of hydrogen-bond acceptors (Lipinski definition) is 6. The molecule has 20 heavy (non-hydrogen) atoms. The van der Waals surface area contributed by atoms with E-state index in [2.05, 4.69) is 15.2 Å². The maximum absolute atomic E-state index is 5.74. The van der Waals surface area contributed by atoms with Gasteiger partial charge in [0.25, 0.3) is 0 Å². The summed E-state index contributed by atoms with van der Waals surface area (Å²) in [6.45, 7) is 3.90. The fourth-order valence-corrected chi connectivity index (χ4v) is 3.55. The van der Waals surface area contributed by atoms with Crippen LogP contribution >= 0.6 is 23.1 Å². The third-order valence-corrected chi connectivity index (χ3v) is 4.74. The van der Waals surface area contributed by atoms with Gasteiger partial charge < -0.3 is 4.42 Å². The average molecular weight is 303 g/mol. The molecule has 0 aliphatic carbocycles. The van der Waals surface area contributed by atoms with Gasteiger partial charge in [0.05, 0.1) is 5.69 Å². The summed E-state index contributed by atoms with van der Waals surface area (Å²) in [5.74, 6) is 2.28. The van der Waals surface area contributed by atoms with Crippen molar-refractivity contribution in [1.82, 2.24) is 15.2 Å². The van der Waals surface area contributed by atoms with Crippen LogP contribution in [0.2, 0.25) is 0 Å². The van der Waals surface area contributed by atoms with Crippen LogP contribution in [0.15, 0.2) is 39.1 Å². The summed E-state index contributed by atoms with van der Waals surface area (Å²) in [5, 5.41) is 9.09. The molecule has 0 unspecified atom stereocenters. The van der Waals surface area contributed by atoms with E-state index in [1.807, 2.05) is 44.2 Å². The Morgan fingerprint density at radius 1 is 1.15 bits per heavy atom. The number of hydrogen-bond donors (Lipinski definition) is 0. The van der Waals surface area contributed by atoms with Gasteiger partial charge in [0, 0.05) is 11.3 Å². The molecule has 0 atom stereocenters. The van der Waals surface area contributed by atoms with Crippen molar-refractivity contribution in [2.45, 2.75) is 23.9 Å². The number of aromatic nitrogens is 3. The molecule has 2 heterocycles. The van der Waals surface area contributed by atoms with Crippen molar-refractivity contribution in [3.05, 3.63) is 46.8 Å². The van der Waals surface area contributed by atoms with Crippen LogP contribution in [0.25, 0.3) is 11.5 Å². The van der Waals surface area contributed by atoms with Gasteiger partial charge in [-0.15, -0.1) is 10.2 Å². The van der Waals surface area contributed by atoms with Crippen molar-refractivity contribution in [1.29, 1.82) is 0 Å². The number of nitrogens with zero attached hydrogens (tertiary/aromatic N) is 3. The molecule has 0 fully saturated rings. The lowest BCUT2D eigenvalue weighted by Crippen LogP contribution is -1.84. The lowest BCUT2D eigenvalue weighted by molar-refractivity contribution is 0.540. The van der Waals surface area contributed by atoms with Crippen LogP contribution in [0.1, 0.15) is 16.5 Å². The maximum Gasteiger partial charge on any atom is 0.226 e. The summed E-state index contributed by atoms with van der Waals surface area (Å²) < 4.78 is 6.70. The number of thioether (sulfide) groups is 1. The number of rotatable bonds is 4. The second-order valence-electron chi connectivity index (χ2n) is 4.26. The molecule has 6 heteroatoms. The summed E-state index contributed by atoms with van der Waals surface area (Å²) >= 11 is 3.24. The van der Waals surface area contributed by atoms with Crippen molar-refractivity contribution < 1.29 is 4.42 Å². The quantitative estimate of drug-likeness (QED) is 0.679. The lowest BCUT2D eigenvalue weighted by Gasteiger charge is -1.93. The molecule has 0 aliphatic rings. The highest BCUT2D eigenvalue weighted by atomic mass is 32.2. The van der Waals surface area contributed by atoms with Crippen molar-refractivity contribution in [2.24, 2.45) is 0 Å². The number of aryl methyl sites for hydroxylation is 2. The smallest absolute Gasteiger partial charge is 0.226 e. The second-order valence-corrected chi connectivity index (χ2v) is 6.67. The van der Waals surface area contributed by atoms with Gasteiger partial charge in [-0.05, 0) is 26.0 Å². The van der Waals surface area contributed by atoms with Crippen LogP contribution in [-0.2, 0) is 5.75 Å². The Morgan fingerprint density at radius 3 is 2.65 bits per heavy atom. The Balaban J connectivity index is 1.76. The Kier molecular flexibility index (Phi) is 3.84. The van der Waals surface area contributed by atoms with Gasteiger partial charge in [-0.3, -0.25) is 0 Å². The third-order valence-electron chi connectivity index (χ3n) is 2.75. The first-order chi connectivity index (χ1) is 9.72. The van der Waals surface area contributed by atoms with Crippen molar-refractivity contribution in [3.63, 3.8) is 0 Å². The minimum absolute atomic E-state index is 0.673. The summed E-state index contributed by atoms with van der Waals surface area (Å²) in [4.78, 5) is 4.57. The molecule has 3 aromatic rings. The van der Waals surface area contributed by atoms with E-state index in [1.54, 1.807) is 23.1 Å². The first-order valence-electron chi connectivity index (χ1n) is 6.17. The molecule has 0 bridgehead atoms. The van der Waals surface area contributed by atoms with Crippen LogP contribution in [0, 0.1) is 13.8 Å². The normalized spacial score (nSPS) is 10.9. The molecule has 0 amide bonds. The van der Waals surface area contributed by atoms with Crippen molar-refractivity contribution >= 4 is 23.1 Å². The van der Waals surface area contributed by atoms with Crippen LogP contribution < -0.4 is 0 Å². The molecular formula is C14H13N3OS2. The van der Waals surface area contributed by atoms with Gasteiger partial charge in [0.1, 0.15) is 10.8 Å². The molecule has 102 valence electrons. The highest BCUT2D eigenvalue weighted by Crippen LogP contribution is 2.28. The Hall–Kier alpha value is -1.66. The van der Waals surface area contributed by atoms with E-state index in [1.165, 1.54) is 0 Å². The van der Waals surface area contributed by atoms with E-state index < -0.39 is 0 Å². The molecule has 1 aromatic carbocycles. The van der Waals surface area contributed by atoms with E-state index in [0.29, 0.717) is 5.89 Å². The number of benzene rings is 1. The Morgan fingerprint density at radius 2 is 1.95 bits per heavy atom. The van der Waals surface area contributed by atoms with Gasteiger partial charge in [0.2, 0.25) is 5.89 Å². The highest BCUT2D eigenvalue weighted by Gasteiger charge is 2.12. The zero-order valence-electron chi connectivity index (χ0n) is 11.2. The molecule has 0 N–H and O–H groups in total. The van der Waals surface area contributed by atoms with Crippen LogP contribution in [0.5, 0.6) is 0 Å². The Bertz CT molecular complexity index is 706. The largest absolute Gasteiger partial charge is 0.441 e. The molecular weight excluding hydrogens is 290 g/mol. The standard InChI is InChI=1S/C14H13N3OS2/c1-9-12(8-19-14-17-16-10(2)20-14)15-13(18-9)11-6-4-3-5-7-11/h3-7H,8H2,1-2H3. The Labute approximate surface area is 125 Å².